The average Bonchev–Trinajstić information content (AvgIpc) is 2.38. The van der Waals surface area contributed by atoms with Gasteiger partial charge in [0.1, 0.15) is 5.69 Å². The Bertz CT molecular complexity index is 454. The molecule has 104 valence electrons. The SMILES string of the molecule is COCCNC(=O)CN(C)C(=O)c1ncccc1Br. The van der Waals surface area contributed by atoms with Gasteiger partial charge in [-0.25, -0.2) is 4.98 Å². The maximum atomic E-state index is 12.1. The predicted molar refractivity (Wildman–Crippen MR) is 73.8 cm³/mol. The zero-order valence-corrected chi connectivity index (χ0v) is 12.4. The molecule has 0 fully saturated rings. The lowest BCUT2D eigenvalue weighted by atomic mass is 10.3. The molecule has 0 aliphatic heterocycles. The van der Waals surface area contributed by atoms with Gasteiger partial charge < -0.3 is 15.0 Å². The summed E-state index contributed by atoms with van der Waals surface area (Å²) in [5.74, 6) is -0.547. The molecule has 0 aliphatic rings. The molecule has 0 saturated heterocycles. The average molecular weight is 330 g/mol. The summed E-state index contributed by atoms with van der Waals surface area (Å²) in [7, 11) is 3.11. The first-order chi connectivity index (χ1) is 9.06. The molecule has 1 N–H and O–H groups in total. The van der Waals surface area contributed by atoms with Crippen LogP contribution in [-0.4, -0.2) is 55.6 Å². The van der Waals surface area contributed by atoms with Crippen molar-refractivity contribution in [2.24, 2.45) is 0 Å². The van der Waals surface area contributed by atoms with E-state index < -0.39 is 0 Å². The molecule has 0 bridgehead atoms. The van der Waals surface area contributed by atoms with Crippen LogP contribution in [0.4, 0.5) is 0 Å². The summed E-state index contributed by atoms with van der Waals surface area (Å²) in [6.07, 6.45) is 1.53. The minimum atomic E-state index is -0.311. The molecule has 2 amide bonds. The van der Waals surface area contributed by atoms with Gasteiger partial charge in [-0.2, -0.15) is 0 Å². The number of hydrogen-bond donors (Lipinski definition) is 1. The summed E-state index contributed by atoms with van der Waals surface area (Å²) in [5.41, 5.74) is 0.287. The minimum Gasteiger partial charge on any atom is -0.383 e. The summed E-state index contributed by atoms with van der Waals surface area (Å²) in [6.45, 7) is 0.839. The van der Waals surface area contributed by atoms with Crippen molar-refractivity contribution in [3.8, 4) is 0 Å². The molecule has 7 heteroatoms. The quantitative estimate of drug-likeness (QED) is 0.779. The van der Waals surface area contributed by atoms with Crippen LogP contribution in [0.2, 0.25) is 0 Å². The second kappa shape index (κ2) is 7.85. The second-order valence-corrected chi connectivity index (χ2v) is 4.69. The monoisotopic (exact) mass is 329 g/mol. The fourth-order valence-corrected chi connectivity index (χ4v) is 1.78. The fourth-order valence-electron chi connectivity index (χ4n) is 1.36. The number of ether oxygens (including phenoxy) is 1. The van der Waals surface area contributed by atoms with Gasteiger partial charge in [-0.15, -0.1) is 0 Å². The van der Waals surface area contributed by atoms with Crippen LogP contribution in [-0.2, 0) is 9.53 Å². The zero-order valence-electron chi connectivity index (χ0n) is 10.9. The van der Waals surface area contributed by atoms with Gasteiger partial charge >= 0.3 is 0 Å². The van der Waals surface area contributed by atoms with Crippen molar-refractivity contribution in [1.82, 2.24) is 15.2 Å². The summed E-state index contributed by atoms with van der Waals surface area (Å²) in [6, 6.07) is 3.45. The Kier molecular flexibility index (Phi) is 6.44. The van der Waals surface area contributed by atoms with Crippen LogP contribution in [0, 0.1) is 0 Å². The molecular weight excluding hydrogens is 314 g/mol. The molecule has 1 aromatic rings. The summed E-state index contributed by atoms with van der Waals surface area (Å²) in [4.78, 5) is 28.9. The molecule has 0 unspecified atom stereocenters. The third-order valence-electron chi connectivity index (χ3n) is 2.32. The van der Waals surface area contributed by atoms with Gasteiger partial charge in [0.05, 0.1) is 13.2 Å². The highest BCUT2D eigenvalue weighted by atomic mass is 79.9. The maximum absolute atomic E-state index is 12.1. The smallest absolute Gasteiger partial charge is 0.273 e. The first-order valence-corrected chi connectivity index (χ1v) is 6.47. The van der Waals surface area contributed by atoms with E-state index in [0.717, 1.165) is 0 Å². The van der Waals surface area contributed by atoms with Crippen molar-refractivity contribution < 1.29 is 14.3 Å². The van der Waals surface area contributed by atoms with Crippen molar-refractivity contribution in [2.45, 2.75) is 0 Å². The molecule has 19 heavy (non-hydrogen) atoms. The maximum Gasteiger partial charge on any atom is 0.273 e. The molecule has 0 aliphatic carbocycles. The van der Waals surface area contributed by atoms with E-state index in [1.54, 1.807) is 26.3 Å². The number of halogens is 1. The topological polar surface area (TPSA) is 71.5 Å². The summed E-state index contributed by atoms with van der Waals surface area (Å²) >= 11 is 3.26. The lowest BCUT2D eigenvalue weighted by Gasteiger charge is -2.16. The Morgan fingerprint density at radius 2 is 2.26 bits per heavy atom. The lowest BCUT2D eigenvalue weighted by molar-refractivity contribution is -0.121. The minimum absolute atomic E-state index is 0.0223. The lowest BCUT2D eigenvalue weighted by Crippen LogP contribution is -2.39. The Hall–Kier alpha value is -1.47. The van der Waals surface area contributed by atoms with Gasteiger partial charge in [-0.1, -0.05) is 0 Å². The van der Waals surface area contributed by atoms with Crippen LogP contribution in [0.1, 0.15) is 10.5 Å². The Morgan fingerprint density at radius 3 is 2.89 bits per heavy atom. The first-order valence-electron chi connectivity index (χ1n) is 5.68. The predicted octanol–water partition coefficient (Wildman–Crippen LogP) is 0.679. The van der Waals surface area contributed by atoms with Crippen LogP contribution in [0.5, 0.6) is 0 Å². The number of nitrogens with one attached hydrogen (secondary N) is 1. The van der Waals surface area contributed by atoms with Crippen molar-refractivity contribution in [2.75, 3.05) is 33.9 Å². The third kappa shape index (κ3) is 4.96. The van der Waals surface area contributed by atoms with Gasteiger partial charge in [0.15, 0.2) is 0 Å². The number of rotatable bonds is 6. The Balaban J connectivity index is 2.54. The number of methoxy groups -OCH3 is 1. The van der Waals surface area contributed by atoms with Crippen molar-refractivity contribution in [3.63, 3.8) is 0 Å². The van der Waals surface area contributed by atoms with E-state index in [9.17, 15) is 9.59 Å². The molecule has 1 heterocycles. The normalized spacial score (nSPS) is 10.1. The highest BCUT2D eigenvalue weighted by Crippen LogP contribution is 2.14. The highest BCUT2D eigenvalue weighted by Gasteiger charge is 2.18. The van der Waals surface area contributed by atoms with Gasteiger partial charge in [0.2, 0.25) is 5.91 Å². The highest BCUT2D eigenvalue weighted by molar-refractivity contribution is 9.10. The van der Waals surface area contributed by atoms with Gasteiger partial charge in [-0.05, 0) is 28.1 Å². The van der Waals surface area contributed by atoms with Crippen LogP contribution in [0.25, 0.3) is 0 Å². The molecular formula is C12H16BrN3O3. The summed E-state index contributed by atoms with van der Waals surface area (Å²) < 4.78 is 5.42. The zero-order chi connectivity index (χ0) is 14.3. The number of hydrogen-bond acceptors (Lipinski definition) is 4. The van der Waals surface area contributed by atoms with E-state index in [1.165, 1.54) is 11.1 Å². The van der Waals surface area contributed by atoms with E-state index >= 15 is 0 Å². The molecule has 1 aromatic heterocycles. The van der Waals surface area contributed by atoms with Crippen LogP contribution >= 0.6 is 15.9 Å². The number of nitrogens with zero attached hydrogens (tertiary/aromatic N) is 2. The molecule has 0 spiro atoms. The molecule has 0 saturated carbocycles. The number of carbonyl (C=O) groups is 2. The van der Waals surface area contributed by atoms with Crippen LogP contribution < -0.4 is 5.32 Å². The van der Waals surface area contributed by atoms with Crippen LogP contribution in [0.15, 0.2) is 22.8 Å². The first kappa shape index (κ1) is 15.6. The third-order valence-corrected chi connectivity index (χ3v) is 2.96. The number of likely N-dealkylation sites (N-methyl/N-ethyl adjacent to an activating group) is 1. The molecule has 0 atom stereocenters. The summed E-state index contributed by atoms with van der Waals surface area (Å²) in [5, 5.41) is 2.65. The fraction of sp³-hybridized carbons (Fsp3) is 0.417. The van der Waals surface area contributed by atoms with E-state index in [0.29, 0.717) is 17.6 Å². The molecule has 1 rings (SSSR count). The number of carbonyl (C=O) groups excluding carboxylic acids is 2. The Morgan fingerprint density at radius 1 is 1.53 bits per heavy atom. The Labute approximate surface area is 120 Å². The standard InChI is InChI=1S/C12H16BrN3O3/c1-16(8-10(17)14-6-7-19-2)12(18)11-9(13)4-3-5-15-11/h3-5H,6-8H2,1-2H3,(H,14,17). The largest absolute Gasteiger partial charge is 0.383 e. The van der Waals surface area contributed by atoms with Gasteiger partial charge in [0.25, 0.3) is 5.91 Å². The molecule has 6 nitrogen and oxygen atoms in total. The van der Waals surface area contributed by atoms with Crippen molar-refractivity contribution in [3.05, 3.63) is 28.5 Å². The number of aromatic nitrogens is 1. The van der Waals surface area contributed by atoms with Gasteiger partial charge in [-0.3, -0.25) is 9.59 Å². The van der Waals surface area contributed by atoms with Gasteiger partial charge in [0, 0.05) is 31.4 Å². The van der Waals surface area contributed by atoms with E-state index in [-0.39, 0.29) is 24.1 Å². The van der Waals surface area contributed by atoms with Crippen LogP contribution in [0.3, 0.4) is 0 Å². The van der Waals surface area contributed by atoms with E-state index in [4.69, 9.17) is 4.74 Å². The van der Waals surface area contributed by atoms with Crippen molar-refractivity contribution in [1.29, 1.82) is 0 Å². The van der Waals surface area contributed by atoms with E-state index in [2.05, 4.69) is 26.2 Å². The molecule has 0 radical (unpaired) electrons. The number of pyridine rings is 1. The number of amides is 2. The van der Waals surface area contributed by atoms with E-state index in [1.807, 2.05) is 0 Å². The second-order valence-electron chi connectivity index (χ2n) is 3.84. The molecule has 0 aromatic carbocycles. The van der Waals surface area contributed by atoms with Crippen molar-refractivity contribution >= 4 is 27.7 Å².